The van der Waals surface area contributed by atoms with Crippen LogP contribution in [0.1, 0.15) is 381 Å². The summed E-state index contributed by atoms with van der Waals surface area (Å²) in [6, 6.07) is 0. The van der Waals surface area contributed by atoms with Crippen molar-refractivity contribution in [1.29, 1.82) is 0 Å². The molecule has 5 atom stereocenters. The van der Waals surface area contributed by atoms with Crippen LogP contribution in [0.3, 0.4) is 0 Å². The minimum absolute atomic E-state index is 0.103. The Morgan fingerprint density at radius 3 is 0.739 bits per heavy atom. The average Bonchev–Trinajstić information content (AvgIpc) is 1.50. The summed E-state index contributed by atoms with van der Waals surface area (Å²) in [5, 5.41) is 10.6. The molecular weight excluding hydrogens is 1210 g/mol. The number of aliphatic hydroxyl groups excluding tert-OH is 1. The summed E-state index contributed by atoms with van der Waals surface area (Å²) in [5.74, 6) is -1.44. The monoisotopic (exact) mass is 1350 g/mol. The predicted molar refractivity (Wildman–Crippen MR) is 372 cm³/mol. The van der Waals surface area contributed by atoms with E-state index in [4.69, 9.17) is 37.0 Å². The number of hydrogen-bond acceptors (Lipinski definition) is 15. The van der Waals surface area contributed by atoms with Gasteiger partial charge in [0.05, 0.1) is 26.4 Å². The number of aliphatic hydroxyl groups is 1. The first-order valence-electron chi connectivity index (χ1n) is 38.1. The van der Waals surface area contributed by atoms with Crippen LogP contribution in [0.5, 0.6) is 0 Å². The van der Waals surface area contributed by atoms with Crippen LogP contribution < -0.4 is 0 Å². The lowest BCUT2D eigenvalue weighted by Crippen LogP contribution is -2.30. The van der Waals surface area contributed by atoms with Crippen molar-refractivity contribution in [2.75, 3.05) is 39.6 Å². The third-order valence-corrected chi connectivity index (χ3v) is 18.9. The molecule has 17 nitrogen and oxygen atoms in total. The zero-order valence-corrected chi connectivity index (χ0v) is 61.5. The van der Waals surface area contributed by atoms with Gasteiger partial charge in [0.25, 0.3) is 0 Å². The zero-order valence-electron chi connectivity index (χ0n) is 59.7. The van der Waals surface area contributed by atoms with E-state index in [1.807, 2.05) is 0 Å². The van der Waals surface area contributed by atoms with Gasteiger partial charge in [0.1, 0.15) is 19.3 Å². The van der Waals surface area contributed by atoms with Crippen LogP contribution in [0, 0.1) is 5.92 Å². The van der Waals surface area contributed by atoms with E-state index in [1.54, 1.807) is 0 Å². The summed E-state index contributed by atoms with van der Waals surface area (Å²) < 4.78 is 68.1. The Morgan fingerprint density at radius 2 is 0.500 bits per heavy atom. The first-order valence-corrected chi connectivity index (χ1v) is 41.1. The molecule has 0 aromatic rings. The van der Waals surface area contributed by atoms with E-state index in [0.717, 1.165) is 96.3 Å². The van der Waals surface area contributed by atoms with Crippen molar-refractivity contribution >= 4 is 39.5 Å². The molecule has 0 aromatic heterocycles. The van der Waals surface area contributed by atoms with Crippen molar-refractivity contribution in [3.8, 4) is 0 Å². The summed E-state index contributed by atoms with van der Waals surface area (Å²) in [5.41, 5.74) is 0. The molecule has 0 bridgehead atoms. The van der Waals surface area contributed by atoms with E-state index in [1.165, 1.54) is 199 Å². The third kappa shape index (κ3) is 66.7. The number of carbonyl (C=O) groups excluding carboxylic acids is 4. The number of carbonyl (C=O) groups is 4. The van der Waals surface area contributed by atoms with Gasteiger partial charge in [-0.15, -0.1) is 0 Å². The molecule has 0 saturated heterocycles. The van der Waals surface area contributed by atoms with Crippen molar-refractivity contribution < 1.29 is 80.2 Å². The highest BCUT2D eigenvalue weighted by Gasteiger charge is 2.30. The molecule has 0 heterocycles. The number of rotatable bonds is 73. The second-order valence-corrected chi connectivity index (χ2v) is 29.7. The molecule has 0 radical (unpaired) electrons. The Labute approximate surface area is 562 Å². The highest BCUT2D eigenvalue weighted by atomic mass is 31.2. The van der Waals surface area contributed by atoms with Gasteiger partial charge in [-0.05, 0) is 31.6 Å². The fraction of sp³-hybridized carbons (Fsp3) is 0.945. The Hall–Kier alpha value is -1.94. The maximum absolute atomic E-state index is 13.1. The zero-order chi connectivity index (χ0) is 67.7. The molecule has 0 aromatic carbocycles. The molecule has 546 valence electrons. The van der Waals surface area contributed by atoms with Gasteiger partial charge in [-0.1, -0.05) is 330 Å². The minimum atomic E-state index is -4.95. The Bertz CT molecular complexity index is 1770. The normalized spacial score (nSPS) is 14.0. The third-order valence-electron chi connectivity index (χ3n) is 17.0. The van der Waals surface area contributed by atoms with Crippen molar-refractivity contribution in [2.45, 2.75) is 400 Å². The standard InChI is InChI=1S/C73H142O17P2/c1-6-9-12-15-17-19-21-23-25-27-28-29-30-31-33-35-37-39-43-48-53-58-72(77)90-69(63-84-71(76)57-52-47-42-38-36-34-32-26-24-22-20-18-16-13-10-7-2)65-88-92(81,82)86-61-67(74)60-85-91(79,80)87-64-68(62-83-70(75)56-51-45-14-11-8-3)89-73(78)59-54-49-44-40-41-46-50-55-66(4)5/h66-69,74H,6-65H2,1-5H3,(H,79,80)(H,81,82)/t67-,68+,69+/m0/s1. The predicted octanol–water partition coefficient (Wildman–Crippen LogP) is 21.3. The van der Waals surface area contributed by atoms with Gasteiger partial charge in [-0.3, -0.25) is 37.3 Å². The van der Waals surface area contributed by atoms with Gasteiger partial charge >= 0.3 is 39.5 Å². The smallest absolute Gasteiger partial charge is 0.462 e. The molecule has 0 spiro atoms. The van der Waals surface area contributed by atoms with Crippen molar-refractivity contribution in [2.24, 2.45) is 5.92 Å². The highest BCUT2D eigenvalue weighted by molar-refractivity contribution is 7.47. The van der Waals surface area contributed by atoms with E-state index < -0.39 is 97.5 Å². The average molecular weight is 1350 g/mol. The quantitative estimate of drug-likeness (QED) is 0.0222. The SMILES string of the molecule is CCCCCCCCCCCCCCCCCCCCCCCC(=O)O[C@H](COC(=O)CCCCCCCCCCCCCCCCCC)COP(=O)(O)OC[C@@H](O)COP(=O)(O)OC[C@@H](COC(=O)CCCCCCC)OC(=O)CCCCCCCCCC(C)C. The van der Waals surface area contributed by atoms with Gasteiger partial charge < -0.3 is 33.8 Å². The Balaban J connectivity index is 5.11. The van der Waals surface area contributed by atoms with Gasteiger partial charge in [-0.2, -0.15) is 0 Å². The summed E-state index contributed by atoms with van der Waals surface area (Å²) in [4.78, 5) is 72.3. The number of unbranched alkanes of at least 4 members (excludes halogenated alkanes) is 45. The van der Waals surface area contributed by atoms with Crippen molar-refractivity contribution in [3.05, 3.63) is 0 Å². The molecule has 0 amide bonds. The van der Waals surface area contributed by atoms with E-state index in [9.17, 15) is 43.2 Å². The molecule has 2 unspecified atom stereocenters. The number of ether oxygens (including phenoxy) is 4. The maximum Gasteiger partial charge on any atom is 0.472 e. The second-order valence-electron chi connectivity index (χ2n) is 26.8. The molecule has 92 heavy (non-hydrogen) atoms. The van der Waals surface area contributed by atoms with Crippen LogP contribution >= 0.6 is 15.6 Å². The first-order chi connectivity index (χ1) is 44.5. The van der Waals surface area contributed by atoms with Crippen LogP contribution in [0.2, 0.25) is 0 Å². The lowest BCUT2D eigenvalue weighted by atomic mass is 10.0. The van der Waals surface area contributed by atoms with Crippen LogP contribution in [0.15, 0.2) is 0 Å². The van der Waals surface area contributed by atoms with E-state index >= 15 is 0 Å². The topological polar surface area (TPSA) is 237 Å². The van der Waals surface area contributed by atoms with Gasteiger partial charge in [0, 0.05) is 25.7 Å². The van der Waals surface area contributed by atoms with Crippen molar-refractivity contribution in [3.63, 3.8) is 0 Å². The molecule has 0 aliphatic rings. The first kappa shape index (κ1) is 90.1. The van der Waals surface area contributed by atoms with Gasteiger partial charge in [-0.25, -0.2) is 9.13 Å². The molecule has 0 fully saturated rings. The summed E-state index contributed by atoms with van der Waals surface area (Å²) in [6.07, 6.45) is 54.8. The molecule has 0 aliphatic heterocycles. The van der Waals surface area contributed by atoms with E-state index in [2.05, 4.69) is 34.6 Å². The number of phosphoric acid groups is 2. The minimum Gasteiger partial charge on any atom is -0.462 e. The van der Waals surface area contributed by atoms with Gasteiger partial charge in [0.2, 0.25) is 0 Å². The van der Waals surface area contributed by atoms with Crippen LogP contribution in [0.4, 0.5) is 0 Å². The fourth-order valence-electron chi connectivity index (χ4n) is 11.2. The highest BCUT2D eigenvalue weighted by Crippen LogP contribution is 2.45. The second kappa shape index (κ2) is 66.3. The number of phosphoric ester groups is 2. The Kier molecular flexibility index (Phi) is 64.9. The molecule has 19 heteroatoms. The molecule has 3 N–H and O–H groups in total. The lowest BCUT2D eigenvalue weighted by molar-refractivity contribution is -0.161. The van der Waals surface area contributed by atoms with Crippen LogP contribution in [0.25, 0.3) is 0 Å². The van der Waals surface area contributed by atoms with Crippen LogP contribution in [-0.4, -0.2) is 96.7 Å². The van der Waals surface area contributed by atoms with Crippen LogP contribution in [-0.2, 0) is 65.4 Å². The molecule has 0 saturated carbocycles. The van der Waals surface area contributed by atoms with Crippen molar-refractivity contribution in [1.82, 2.24) is 0 Å². The lowest BCUT2D eigenvalue weighted by Gasteiger charge is -2.21. The van der Waals surface area contributed by atoms with Gasteiger partial charge in [0.15, 0.2) is 12.2 Å². The molecule has 0 aliphatic carbocycles. The Morgan fingerprint density at radius 1 is 0.293 bits per heavy atom. The fourth-order valence-corrected chi connectivity index (χ4v) is 12.8. The number of hydrogen-bond donors (Lipinski definition) is 3. The summed E-state index contributed by atoms with van der Waals surface area (Å²) in [6.45, 7) is 7.11. The molecule has 0 rings (SSSR count). The van der Waals surface area contributed by atoms with E-state index in [0.29, 0.717) is 31.6 Å². The van der Waals surface area contributed by atoms with E-state index in [-0.39, 0.29) is 25.7 Å². The largest absolute Gasteiger partial charge is 0.472 e. The maximum atomic E-state index is 13.1. The summed E-state index contributed by atoms with van der Waals surface area (Å²) in [7, 11) is -9.89. The molecular formula is C73H142O17P2. The summed E-state index contributed by atoms with van der Waals surface area (Å²) >= 11 is 0. The number of esters is 4.